The van der Waals surface area contributed by atoms with Crippen LogP contribution in [0.5, 0.6) is 0 Å². The molecular formula is C11H13ClN2O. The lowest BCUT2D eigenvalue weighted by Gasteiger charge is -2.24. The van der Waals surface area contributed by atoms with Crippen LogP contribution in [0.3, 0.4) is 0 Å². The zero-order chi connectivity index (χ0) is 10.8. The van der Waals surface area contributed by atoms with Crippen LogP contribution in [0, 0.1) is 0 Å². The Bertz CT molecular complexity index is 392. The molecule has 0 fully saturated rings. The van der Waals surface area contributed by atoms with E-state index >= 15 is 0 Å². The molecule has 1 aliphatic rings. The molecule has 1 N–H and O–H groups in total. The van der Waals surface area contributed by atoms with Gasteiger partial charge in [-0.1, -0.05) is 31.0 Å². The lowest BCUT2D eigenvalue weighted by molar-refractivity contribution is -0.119. The quantitative estimate of drug-likeness (QED) is 0.785. The predicted molar refractivity (Wildman–Crippen MR) is 60.3 cm³/mol. The maximum absolute atomic E-state index is 11.7. The van der Waals surface area contributed by atoms with Gasteiger partial charge in [-0.15, -0.1) is 0 Å². The number of halogens is 1. The Kier molecular flexibility index (Phi) is 2.91. The Labute approximate surface area is 93.8 Å². The van der Waals surface area contributed by atoms with Crippen LogP contribution < -0.4 is 5.32 Å². The second-order valence-corrected chi connectivity index (χ2v) is 4.16. The summed E-state index contributed by atoms with van der Waals surface area (Å²) in [6, 6.07) is 3.49. The molecule has 2 rings (SSSR count). The molecule has 80 valence electrons. The summed E-state index contributed by atoms with van der Waals surface area (Å²) >= 11 is 5.80. The van der Waals surface area contributed by atoms with Crippen molar-refractivity contribution in [2.24, 2.45) is 0 Å². The normalized spacial score (nSPS) is 19.6. The summed E-state index contributed by atoms with van der Waals surface area (Å²) in [6.45, 7) is 2.07. The number of carbonyl (C=O) groups excluding carboxylic acids is 1. The highest BCUT2D eigenvalue weighted by Gasteiger charge is 2.25. The van der Waals surface area contributed by atoms with Gasteiger partial charge in [0.25, 0.3) is 0 Å². The first kappa shape index (κ1) is 10.4. The third-order valence-electron chi connectivity index (χ3n) is 2.59. The van der Waals surface area contributed by atoms with Crippen molar-refractivity contribution >= 4 is 23.2 Å². The van der Waals surface area contributed by atoms with Gasteiger partial charge in [0.05, 0.1) is 6.04 Å². The van der Waals surface area contributed by atoms with Gasteiger partial charge in [-0.25, -0.2) is 4.98 Å². The van der Waals surface area contributed by atoms with Crippen LogP contribution in [-0.4, -0.2) is 16.8 Å². The highest BCUT2D eigenvalue weighted by atomic mass is 35.5. The molecule has 0 amide bonds. The molecule has 0 spiro atoms. The number of Topliss-reactive ketones (excluding diaryl/α,β-unsaturated/α-hetero) is 1. The van der Waals surface area contributed by atoms with Gasteiger partial charge in [-0.2, -0.15) is 0 Å². The van der Waals surface area contributed by atoms with Crippen molar-refractivity contribution in [1.29, 1.82) is 0 Å². The molecule has 1 aromatic heterocycles. The first-order valence-electron chi connectivity index (χ1n) is 5.15. The van der Waals surface area contributed by atoms with E-state index in [1.165, 1.54) is 0 Å². The number of carbonyl (C=O) groups is 1. The summed E-state index contributed by atoms with van der Waals surface area (Å²) in [7, 11) is 0. The molecular weight excluding hydrogens is 212 g/mol. The molecule has 4 heteroatoms. The average molecular weight is 225 g/mol. The number of nitrogens with one attached hydrogen (secondary N) is 1. The smallest absolute Gasteiger partial charge is 0.159 e. The molecule has 1 aliphatic heterocycles. The van der Waals surface area contributed by atoms with Crippen molar-refractivity contribution < 1.29 is 4.79 Å². The summed E-state index contributed by atoms with van der Waals surface area (Å²) in [5.74, 6) is 1.01. The first-order valence-corrected chi connectivity index (χ1v) is 5.53. The van der Waals surface area contributed by atoms with Gasteiger partial charge in [-0.05, 0) is 12.5 Å². The Morgan fingerprint density at radius 1 is 1.60 bits per heavy atom. The van der Waals surface area contributed by atoms with Crippen LogP contribution in [-0.2, 0) is 11.2 Å². The first-order chi connectivity index (χ1) is 7.20. The van der Waals surface area contributed by atoms with E-state index in [4.69, 9.17) is 11.6 Å². The number of hydrogen-bond acceptors (Lipinski definition) is 3. The van der Waals surface area contributed by atoms with Crippen molar-refractivity contribution in [3.05, 3.63) is 22.8 Å². The van der Waals surface area contributed by atoms with Crippen molar-refractivity contribution in [3.8, 4) is 0 Å². The molecule has 1 aromatic rings. The minimum atomic E-state index is -0.0894. The van der Waals surface area contributed by atoms with E-state index < -0.39 is 0 Å². The van der Waals surface area contributed by atoms with Crippen molar-refractivity contribution in [1.82, 2.24) is 4.98 Å². The number of aromatic nitrogens is 1. The molecule has 1 atom stereocenters. The largest absolute Gasteiger partial charge is 0.360 e. The van der Waals surface area contributed by atoms with E-state index in [-0.39, 0.29) is 11.8 Å². The minimum Gasteiger partial charge on any atom is -0.360 e. The maximum atomic E-state index is 11.7. The average Bonchev–Trinajstić information content (AvgIpc) is 2.20. The molecule has 0 aromatic carbocycles. The van der Waals surface area contributed by atoms with Gasteiger partial charge in [0.15, 0.2) is 5.78 Å². The third-order valence-corrected chi connectivity index (χ3v) is 2.80. The Balaban J connectivity index is 2.26. The number of hydrogen-bond donors (Lipinski definition) is 1. The van der Waals surface area contributed by atoms with Crippen LogP contribution >= 0.6 is 11.6 Å². The molecule has 2 heterocycles. The van der Waals surface area contributed by atoms with Gasteiger partial charge in [0.2, 0.25) is 0 Å². The van der Waals surface area contributed by atoms with E-state index in [0.717, 1.165) is 24.2 Å². The second kappa shape index (κ2) is 4.19. The van der Waals surface area contributed by atoms with E-state index in [9.17, 15) is 4.79 Å². The van der Waals surface area contributed by atoms with E-state index in [1.807, 2.05) is 6.07 Å². The molecule has 3 nitrogen and oxygen atoms in total. The molecule has 0 radical (unpaired) electrons. The fourth-order valence-electron chi connectivity index (χ4n) is 1.81. The van der Waals surface area contributed by atoms with Gasteiger partial charge in [0, 0.05) is 12.0 Å². The van der Waals surface area contributed by atoms with Crippen LogP contribution in [0.25, 0.3) is 0 Å². The summed E-state index contributed by atoms with van der Waals surface area (Å²) in [5, 5.41) is 3.61. The highest BCUT2D eigenvalue weighted by Crippen LogP contribution is 2.24. The fourth-order valence-corrected chi connectivity index (χ4v) is 1.96. The van der Waals surface area contributed by atoms with Crippen LogP contribution in [0.1, 0.15) is 25.3 Å². The van der Waals surface area contributed by atoms with Crippen molar-refractivity contribution in [2.45, 2.75) is 32.2 Å². The Hall–Kier alpha value is -1.09. The number of fused-ring (bicyclic) bond motifs is 1. The number of pyridine rings is 1. The Morgan fingerprint density at radius 2 is 2.40 bits per heavy atom. The number of nitrogens with zero attached hydrogens (tertiary/aromatic N) is 1. The minimum absolute atomic E-state index is 0.0894. The van der Waals surface area contributed by atoms with E-state index in [0.29, 0.717) is 11.6 Å². The fraction of sp³-hybridized carbons (Fsp3) is 0.455. The molecule has 0 saturated carbocycles. The second-order valence-electron chi connectivity index (χ2n) is 3.77. The molecule has 15 heavy (non-hydrogen) atoms. The van der Waals surface area contributed by atoms with Gasteiger partial charge in [-0.3, -0.25) is 4.79 Å². The van der Waals surface area contributed by atoms with Crippen molar-refractivity contribution in [3.63, 3.8) is 0 Å². The van der Waals surface area contributed by atoms with Crippen LogP contribution in [0.4, 0.5) is 5.82 Å². The van der Waals surface area contributed by atoms with Gasteiger partial charge in [0.1, 0.15) is 11.0 Å². The predicted octanol–water partition coefficient (Wildman–Crippen LogP) is 2.44. The van der Waals surface area contributed by atoms with Gasteiger partial charge < -0.3 is 5.32 Å². The summed E-state index contributed by atoms with van der Waals surface area (Å²) in [5.41, 5.74) is 0.941. The molecule has 0 saturated heterocycles. The zero-order valence-corrected chi connectivity index (χ0v) is 9.34. The lowest BCUT2D eigenvalue weighted by Crippen LogP contribution is -2.35. The third kappa shape index (κ3) is 2.12. The topological polar surface area (TPSA) is 42.0 Å². The van der Waals surface area contributed by atoms with Crippen LogP contribution in [0.2, 0.25) is 5.15 Å². The molecule has 0 unspecified atom stereocenters. The van der Waals surface area contributed by atoms with E-state index in [2.05, 4.69) is 17.2 Å². The number of ketones is 1. The number of rotatable bonds is 2. The maximum Gasteiger partial charge on any atom is 0.159 e. The lowest BCUT2D eigenvalue weighted by atomic mass is 9.96. The number of anilines is 1. The summed E-state index contributed by atoms with van der Waals surface area (Å²) < 4.78 is 0. The standard InChI is InChI=1S/C11H13ClN2O/c1-2-3-8-9(15)6-7-4-5-10(12)14-11(7)13-8/h4-5,8H,2-3,6H2,1H3,(H,13,14)/t8-/m0/s1. The van der Waals surface area contributed by atoms with Gasteiger partial charge >= 0.3 is 0 Å². The van der Waals surface area contributed by atoms with E-state index in [1.54, 1.807) is 6.07 Å². The summed E-state index contributed by atoms with van der Waals surface area (Å²) in [4.78, 5) is 15.9. The Morgan fingerprint density at radius 3 is 3.13 bits per heavy atom. The van der Waals surface area contributed by atoms with Crippen molar-refractivity contribution in [2.75, 3.05) is 5.32 Å². The SMILES string of the molecule is CCC[C@@H]1Nc2nc(Cl)ccc2CC1=O. The highest BCUT2D eigenvalue weighted by molar-refractivity contribution is 6.29. The monoisotopic (exact) mass is 224 g/mol. The zero-order valence-electron chi connectivity index (χ0n) is 8.59. The summed E-state index contributed by atoms with van der Waals surface area (Å²) in [6.07, 6.45) is 2.31. The molecule has 0 bridgehead atoms. The van der Waals surface area contributed by atoms with Crippen LogP contribution in [0.15, 0.2) is 12.1 Å². The molecule has 0 aliphatic carbocycles.